The zero-order chi connectivity index (χ0) is 18.6. The van der Waals surface area contributed by atoms with Gasteiger partial charge in [-0.3, -0.25) is 9.10 Å². The minimum Gasteiger partial charge on any atom is -0.323 e. The molecule has 2 rings (SSSR count). The molecule has 0 fully saturated rings. The monoisotopic (exact) mass is 365 g/mol. The number of carbonyl (C=O) groups is 1. The number of anilines is 2. The summed E-state index contributed by atoms with van der Waals surface area (Å²) >= 11 is 0. The molecule has 1 amide bonds. The van der Waals surface area contributed by atoms with Gasteiger partial charge in [-0.1, -0.05) is 18.2 Å². The molecule has 0 unspecified atom stereocenters. The van der Waals surface area contributed by atoms with Crippen molar-refractivity contribution in [2.45, 2.75) is 0 Å². The van der Waals surface area contributed by atoms with E-state index in [2.05, 4.69) is 5.32 Å². The molecule has 0 saturated carbocycles. The third-order valence-electron chi connectivity index (χ3n) is 3.20. The van der Waals surface area contributed by atoms with Crippen LogP contribution in [-0.2, 0) is 14.8 Å². The fourth-order valence-electron chi connectivity index (χ4n) is 2.10. The van der Waals surface area contributed by atoms with E-state index in [-0.39, 0.29) is 11.3 Å². The van der Waals surface area contributed by atoms with E-state index >= 15 is 0 Å². The first-order valence-corrected chi connectivity index (χ1v) is 8.79. The number of hydrogen-bond acceptors (Lipinski definition) is 4. The second-order valence-corrected chi connectivity index (χ2v) is 6.95. The first-order chi connectivity index (χ1) is 11.7. The summed E-state index contributed by atoms with van der Waals surface area (Å²) in [6.45, 7) is -0.851. The van der Waals surface area contributed by atoms with Crippen molar-refractivity contribution in [3.63, 3.8) is 0 Å². The Balaban J connectivity index is 2.33. The zero-order valence-electron chi connectivity index (χ0n) is 13.0. The van der Waals surface area contributed by atoms with Gasteiger partial charge >= 0.3 is 0 Å². The Morgan fingerprint density at radius 3 is 2.32 bits per heavy atom. The van der Waals surface area contributed by atoms with Crippen LogP contribution >= 0.6 is 0 Å². The van der Waals surface area contributed by atoms with E-state index in [1.54, 1.807) is 12.1 Å². The van der Waals surface area contributed by atoms with Crippen LogP contribution in [-0.4, -0.2) is 27.1 Å². The first-order valence-electron chi connectivity index (χ1n) is 6.94. The van der Waals surface area contributed by atoms with Crippen molar-refractivity contribution in [2.24, 2.45) is 0 Å². The normalized spacial score (nSPS) is 10.8. The molecule has 0 aliphatic rings. The van der Waals surface area contributed by atoms with Gasteiger partial charge in [-0.05, 0) is 24.3 Å². The highest BCUT2D eigenvalue weighted by molar-refractivity contribution is 7.92. The molecular formula is C16H13F2N3O3S. The van der Waals surface area contributed by atoms with Crippen molar-refractivity contribution in [1.82, 2.24) is 0 Å². The fraction of sp³-hybridized carbons (Fsp3) is 0.125. The van der Waals surface area contributed by atoms with Crippen LogP contribution < -0.4 is 9.62 Å². The number of carbonyl (C=O) groups excluding carboxylic acids is 1. The first kappa shape index (κ1) is 18.4. The van der Waals surface area contributed by atoms with Crippen molar-refractivity contribution in [3.8, 4) is 6.07 Å². The zero-order valence-corrected chi connectivity index (χ0v) is 13.8. The van der Waals surface area contributed by atoms with Gasteiger partial charge in [0.25, 0.3) is 0 Å². The number of nitrogens with one attached hydrogen (secondary N) is 1. The summed E-state index contributed by atoms with van der Waals surface area (Å²) in [5.74, 6) is -3.08. The Morgan fingerprint density at radius 1 is 1.16 bits per heavy atom. The molecule has 0 spiro atoms. The number of benzene rings is 2. The molecule has 0 aliphatic carbocycles. The van der Waals surface area contributed by atoms with E-state index in [4.69, 9.17) is 5.26 Å². The van der Waals surface area contributed by atoms with Crippen LogP contribution in [0.25, 0.3) is 0 Å². The van der Waals surface area contributed by atoms with E-state index in [9.17, 15) is 22.0 Å². The van der Waals surface area contributed by atoms with Crippen LogP contribution in [0.5, 0.6) is 0 Å². The Kier molecular flexibility index (Phi) is 5.34. The van der Waals surface area contributed by atoms with E-state index in [0.717, 1.165) is 24.5 Å². The highest BCUT2D eigenvalue weighted by Crippen LogP contribution is 2.25. The number of rotatable bonds is 5. The summed E-state index contributed by atoms with van der Waals surface area (Å²) in [6.07, 6.45) is 0.732. The minimum atomic E-state index is -4.14. The lowest BCUT2D eigenvalue weighted by Gasteiger charge is -2.22. The summed E-state index contributed by atoms with van der Waals surface area (Å²) in [7, 11) is -4.14. The summed E-state index contributed by atoms with van der Waals surface area (Å²) in [5, 5.41) is 11.3. The number of nitriles is 1. The molecule has 1 N–H and O–H groups in total. The number of sulfonamides is 1. The van der Waals surface area contributed by atoms with Crippen molar-refractivity contribution in [3.05, 3.63) is 59.7 Å². The third kappa shape index (κ3) is 4.30. The predicted octanol–water partition coefficient (Wildman–Crippen LogP) is 2.24. The minimum absolute atomic E-state index is 0.164. The van der Waals surface area contributed by atoms with Gasteiger partial charge in [-0.15, -0.1) is 0 Å². The summed E-state index contributed by atoms with van der Waals surface area (Å²) in [5.41, 5.74) is -0.509. The van der Waals surface area contributed by atoms with Crippen LogP contribution in [0.3, 0.4) is 0 Å². The van der Waals surface area contributed by atoms with Gasteiger partial charge < -0.3 is 5.32 Å². The molecule has 2 aromatic rings. The van der Waals surface area contributed by atoms with Crippen molar-refractivity contribution in [2.75, 3.05) is 22.4 Å². The largest absolute Gasteiger partial charge is 0.323 e. The second-order valence-electron chi connectivity index (χ2n) is 5.05. The molecule has 0 heterocycles. The van der Waals surface area contributed by atoms with E-state index in [0.29, 0.717) is 4.31 Å². The molecule has 130 valence electrons. The molecule has 0 atom stereocenters. The van der Waals surface area contributed by atoms with Gasteiger partial charge in [0.1, 0.15) is 18.3 Å². The van der Waals surface area contributed by atoms with Gasteiger partial charge in [0, 0.05) is 0 Å². The molecular weight excluding hydrogens is 352 g/mol. The van der Waals surface area contributed by atoms with Crippen molar-refractivity contribution >= 4 is 27.3 Å². The Morgan fingerprint density at radius 2 is 1.76 bits per heavy atom. The second kappa shape index (κ2) is 7.27. The SMILES string of the molecule is CS(=O)(=O)N(CC(=O)Nc1ccccc1C#N)c1c(F)cccc1F. The summed E-state index contributed by atoms with van der Waals surface area (Å²) < 4.78 is 52.0. The number of amides is 1. The van der Waals surface area contributed by atoms with Gasteiger partial charge in [0.05, 0.1) is 17.5 Å². The average molecular weight is 365 g/mol. The van der Waals surface area contributed by atoms with E-state index in [1.165, 1.54) is 12.1 Å². The molecule has 6 nitrogen and oxygen atoms in total. The molecule has 0 aliphatic heterocycles. The lowest BCUT2D eigenvalue weighted by molar-refractivity contribution is -0.114. The molecule has 0 saturated heterocycles. The predicted molar refractivity (Wildman–Crippen MR) is 88.3 cm³/mol. The smallest absolute Gasteiger partial charge is 0.245 e. The highest BCUT2D eigenvalue weighted by Gasteiger charge is 2.26. The molecule has 2 aromatic carbocycles. The van der Waals surface area contributed by atoms with Crippen LogP contribution in [0.15, 0.2) is 42.5 Å². The maximum Gasteiger partial charge on any atom is 0.245 e. The Labute approximate surface area is 143 Å². The summed E-state index contributed by atoms with van der Waals surface area (Å²) in [6, 6.07) is 10.8. The number of hydrogen-bond donors (Lipinski definition) is 1. The van der Waals surface area contributed by atoms with Gasteiger partial charge in [0.15, 0.2) is 11.6 Å². The lowest BCUT2D eigenvalue weighted by Crippen LogP contribution is -2.38. The highest BCUT2D eigenvalue weighted by atomic mass is 32.2. The maximum absolute atomic E-state index is 13.9. The molecule has 25 heavy (non-hydrogen) atoms. The van der Waals surface area contributed by atoms with Crippen LogP contribution in [0, 0.1) is 23.0 Å². The Bertz CT molecular complexity index is 935. The van der Waals surface area contributed by atoms with Gasteiger partial charge in [0.2, 0.25) is 15.9 Å². The van der Waals surface area contributed by atoms with E-state index in [1.807, 2.05) is 6.07 Å². The quantitative estimate of drug-likeness (QED) is 0.880. The topological polar surface area (TPSA) is 90.3 Å². The van der Waals surface area contributed by atoms with Crippen molar-refractivity contribution in [1.29, 1.82) is 5.26 Å². The van der Waals surface area contributed by atoms with Crippen molar-refractivity contribution < 1.29 is 22.0 Å². The van der Waals surface area contributed by atoms with Crippen LogP contribution in [0.2, 0.25) is 0 Å². The lowest BCUT2D eigenvalue weighted by atomic mass is 10.2. The molecule has 0 aromatic heterocycles. The Hall–Kier alpha value is -2.99. The third-order valence-corrected chi connectivity index (χ3v) is 4.31. The van der Waals surface area contributed by atoms with Gasteiger partial charge in [-0.25, -0.2) is 17.2 Å². The number of halogens is 2. The number of nitrogens with zero attached hydrogens (tertiary/aromatic N) is 2. The average Bonchev–Trinajstić information content (AvgIpc) is 2.53. The molecule has 0 radical (unpaired) electrons. The standard InChI is InChI=1S/C16H13F2N3O3S/c1-25(23,24)21(16-12(17)6-4-7-13(16)18)10-15(22)20-14-8-3-2-5-11(14)9-19/h2-8H,10H2,1H3,(H,20,22). The van der Waals surface area contributed by atoms with Gasteiger partial charge in [-0.2, -0.15) is 5.26 Å². The van der Waals surface area contributed by atoms with Crippen LogP contribution in [0.1, 0.15) is 5.56 Å². The molecule has 9 heteroatoms. The maximum atomic E-state index is 13.9. The molecule has 0 bridgehead atoms. The number of para-hydroxylation sites is 2. The summed E-state index contributed by atoms with van der Waals surface area (Å²) in [4.78, 5) is 12.2. The van der Waals surface area contributed by atoms with E-state index < -0.39 is 39.8 Å². The fourth-order valence-corrected chi connectivity index (χ4v) is 2.96. The van der Waals surface area contributed by atoms with Crippen LogP contribution in [0.4, 0.5) is 20.2 Å².